The predicted molar refractivity (Wildman–Crippen MR) is 97.7 cm³/mol. The van der Waals surface area contributed by atoms with Crippen LogP contribution in [0.25, 0.3) is 0 Å². The Hall–Kier alpha value is -2.94. The van der Waals surface area contributed by atoms with Crippen molar-refractivity contribution in [1.29, 1.82) is 0 Å². The topological polar surface area (TPSA) is 40.5 Å². The molecule has 0 radical (unpaired) electrons. The molecule has 3 heteroatoms. The highest BCUT2D eigenvalue weighted by molar-refractivity contribution is 5.85. The number of benzene rings is 2. The van der Waals surface area contributed by atoms with E-state index >= 15 is 0 Å². The summed E-state index contributed by atoms with van der Waals surface area (Å²) in [6.07, 6.45) is 3.68. The minimum absolute atomic E-state index is 0.958. The van der Waals surface area contributed by atoms with Crippen LogP contribution in [0.1, 0.15) is 22.5 Å². The van der Waals surface area contributed by atoms with E-state index in [-0.39, 0.29) is 0 Å². The molecule has 1 N–H and O–H groups in total. The molecular formula is C20H19N3. The minimum Gasteiger partial charge on any atom is -0.353 e. The molecule has 0 atom stereocenters. The van der Waals surface area contributed by atoms with Gasteiger partial charge in [-0.15, -0.1) is 0 Å². The molecule has 0 saturated carbocycles. The molecule has 0 aliphatic carbocycles. The lowest BCUT2D eigenvalue weighted by Crippen LogP contribution is -1.85. The molecule has 0 saturated heterocycles. The first-order valence-corrected chi connectivity index (χ1v) is 7.61. The molecule has 0 aliphatic rings. The number of aryl methyl sites for hydroxylation is 2. The molecule has 0 unspecified atom stereocenters. The lowest BCUT2D eigenvalue weighted by atomic mass is 10.2. The number of para-hydroxylation sites is 2. The average Bonchev–Trinajstić information content (AvgIpc) is 3.01. The van der Waals surface area contributed by atoms with Gasteiger partial charge in [0.15, 0.2) is 0 Å². The van der Waals surface area contributed by atoms with Crippen molar-refractivity contribution in [2.75, 3.05) is 0 Å². The summed E-state index contributed by atoms with van der Waals surface area (Å²) in [6.45, 7) is 4.11. The summed E-state index contributed by atoms with van der Waals surface area (Å²) in [4.78, 5) is 12.3. The maximum absolute atomic E-state index is 4.52. The lowest BCUT2D eigenvalue weighted by Gasteiger charge is -1.97. The number of aliphatic imine (C=N–C) groups is 2. The van der Waals surface area contributed by atoms with Gasteiger partial charge in [-0.25, -0.2) is 0 Å². The smallest absolute Gasteiger partial charge is 0.0659 e. The standard InChI is InChI=1S/C20H19N3/c1-15-7-3-5-9-19(15)21-13-17-11-12-18(23-17)14-22-20-10-6-4-8-16(20)2/h3-14,23H,1-2H3. The van der Waals surface area contributed by atoms with Gasteiger partial charge in [0.05, 0.1) is 35.2 Å². The van der Waals surface area contributed by atoms with Gasteiger partial charge in [0.1, 0.15) is 0 Å². The van der Waals surface area contributed by atoms with Gasteiger partial charge in [-0.05, 0) is 49.2 Å². The molecule has 23 heavy (non-hydrogen) atoms. The summed E-state index contributed by atoms with van der Waals surface area (Å²) in [6, 6.07) is 20.2. The Morgan fingerprint density at radius 1 is 0.652 bits per heavy atom. The Morgan fingerprint density at radius 3 is 1.52 bits per heavy atom. The maximum atomic E-state index is 4.52. The van der Waals surface area contributed by atoms with Gasteiger partial charge in [0.2, 0.25) is 0 Å². The van der Waals surface area contributed by atoms with Crippen molar-refractivity contribution in [3.8, 4) is 0 Å². The van der Waals surface area contributed by atoms with Gasteiger partial charge >= 0.3 is 0 Å². The highest BCUT2D eigenvalue weighted by Gasteiger charge is 1.97. The number of hydrogen-bond acceptors (Lipinski definition) is 2. The third kappa shape index (κ3) is 3.83. The van der Waals surface area contributed by atoms with Gasteiger partial charge in [0.25, 0.3) is 0 Å². The van der Waals surface area contributed by atoms with Crippen LogP contribution in [0.2, 0.25) is 0 Å². The predicted octanol–water partition coefficient (Wildman–Crippen LogP) is 5.13. The summed E-state index contributed by atoms with van der Waals surface area (Å²) in [5.74, 6) is 0. The molecule has 0 amide bonds. The fraction of sp³-hybridized carbons (Fsp3) is 0.100. The van der Waals surface area contributed by atoms with E-state index in [0.29, 0.717) is 0 Å². The Labute approximate surface area is 136 Å². The van der Waals surface area contributed by atoms with Crippen molar-refractivity contribution in [2.24, 2.45) is 9.98 Å². The van der Waals surface area contributed by atoms with Crippen molar-refractivity contribution in [1.82, 2.24) is 4.98 Å². The zero-order chi connectivity index (χ0) is 16.1. The molecular weight excluding hydrogens is 282 g/mol. The monoisotopic (exact) mass is 301 g/mol. The van der Waals surface area contributed by atoms with Gasteiger partial charge < -0.3 is 4.98 Å². The van der Waals surface area contributed by atoms with Crippen LogP contribution >= 0.6 is 0 Å². The van der Waals surface area contributed by atoms with E-state index in [1.54, 1.807) is 0 Å². The van der Waals surface area contributed by atoms with Crippen LogP contribution < -0.4 is 0 Å². The number of hydrogen-bond donors (Lipinski definition) is 1. The molecule has 1 heterocycles. The van der Waals surface area contributed by atoms with E-state index in [2.05, 4.69) is 40.9 Å². The van der Waals surface area contributed by atoms with E-state index in [0.717, 1.165) is 33.9 Å². The zero-order valence-electron chi connectivity index (χ0n) is 13.3. The lowest BCUT2D eigenvalue weighted by molar-refractivity contribution is 1.33. The number of nitrogens with one attached hydrogen (secondary N) is 1. The van der Waals surface area contributed by atoms with Crippen LogP contribution in [0.3, 0.4) is 0 Å². The Bertz CT molecular complexity index is 787. The third-order valence-corrected chi connectivity index (χ3v) is 3.65. The Morgan fingerprint density at radius 2 is 1.09 bits per heavy atom. The van der Waals surface area contributed by atoms with E-state index in [4.69, 9.17) is 0 Å². The molecule has 3 rings (SSSR count). The summed E-state index contributed by atoms with van der Waals surface area (Å²) in [7, 11) is 0. The second kappa shape index (κ2) is 6.88. The van der Waals surface area contributed by atoms with Crippen LogP contribution in [0, 0.1) is 13.8 Å². The van der Waals surface area contributed by atoms with Crippen LogP contribution in [0.5, 0.6) is 0 Å². The van der Waals surface area contributed by atoms with Crippen LogP contribution in [0.15, 0.2) is 70.6 Å². The van der Waals surface area contributed by atoms with Crippen molar-refractivity contribution in [3.05, 3.63) is 83.2 Å². The number of nitrogens with zero attached hydrogens (tertiary/aromatic N) is 2. The summed E-state index contributed by atoms with van der Waals surface area (Å²) in [5, 5.41) is 0. The fourth-order valence-electron chi connectivity index (χ4n) is 2.27. The number of rotatable bonds is 4. The second-order valence-electron chi connectivity index (χ2n) is 5.46. The normalized spacial score (nSPS) is 11.6. The van der Waals surface area contributed by atoms with E-state index in [1.165, 1.54) is 0 Å². The van der Waals surface area contributed by atoms with E-state index < -0.39 is 0 Å². The maximum Gasteiger partial charge on any atom is 0.0659 e. The van der Waals surface area contributed by atoms with Crippen LogP contribution in [-0.4, -0.2) is 17.4 Å². The third-order valence-electron chi connectivity index (χ3n) is 3.65. The number of H-pyrrole nitrogens is 1. The first-order chi connectivity index (χ1) is 11.2. The van der Waals surface area contributed by atoms with Gasteiger partial charge in [-0.3, -0.25) is 9.98 Å². The van der Waals surface area contributed by atoms with E-state index in [9.17, 15) is 0 Å². The molecule has 0 aliphatic heterocycles. The first-order valence-electron chi connectivity index (χ1n) is 7.61. The van der Waals surface area contributed by atoms with Crippen LogP contribution in [0.4, 0.5) is 11.4 Å². The zero-order valence-corrected chi connectivity index (χ0v) is 13.3. The summed E-state index contributed by atoms with van der Waals surface area (Å²) < 4.78 is 0. The SMILES string of the molecule is Cc1ccccc1N=Cc1ccc(C=Nc2ccccc2C)[nH]1. The van der Waals surface area contributed by atoms with Gasteiger partial charge in [-0.2, -0.15) is 0 Å². The van der Waals surface area contributed by atoms with Gasteiger partial charge in [0, 0.05) is 0 Å². The van der Waals surface area contributed by atoms with Gasteiger partial charge in [-0.1, -0.05) is 36.4 Å². The molecule has 3 aromatic rings. The summed E-state index contributed by atoms with van der Waals surface area (Å²) >= 11 is 0. The molecule has 3 nitrogen and oxygen atoms in total. The minimum atomic E-state index is 0.958. The van der Waals surface area contributed by atoms with Crippen molar-refractivity contribution >= 4 is 23.8 Å². The van der Waals surface area contributed by atoms with Crippen molar-refractivity contribution in [3.63, 3.8) is 0 Å². The molecule has 0 bridgehead atoms. The van der Waals surface area contributed by atoms with Crippen molar-refractivity contribution < 1.29 is 0 Å². The highest BCUT2D eigenvalue weighted by Crippen LogP contribution is 2.18. The highest BCUT2D eigenvalue weighted by atomic mass is 14.8. The Kier molecular flexibility index (Phi) is 4.48. The van der Waals surface area contributed by atoms with Crippen LogP contribution in [-0.2, 0) is 0 Å². The molecule has 2 aromatic carbocycles. The Balaban J connectivity index is 1.74. The molecule has 1 aromatic heterocycles. The fourth-order valence-corrected chi connectivity index (χ4v) is 2.27. The van der Waals surface area contributed by atoms with E-state index in [1.807, 2.05) is 61.0 Å². The first kappa shape index (κ1) is 15.0. The molecule has 0 fully saturated rings. The quantitative estimate of drug-likeness (QED) is 0.649. The number of aromatic amines is 1. The second-order valence-corrected chi connectivity index (χ2v) is 5.46. The molecule has 114 valence electrons. The molecule has 0 spiro atoms. The largest absolute Gasteiger partial charge is 0.353 e. The average molecular weight is 301 g/mol. The summed E-state index contributed by atoms with van der Waals surface area (Å²) in [5.41, 5.74) is 6.21. The number of aromatic nitrogens is 1. The van der Waals surface area contributed by atoms with Crippen molar-refractivity contribution in [2.45, 2.75) is 13.8 Å².